The van der Waals surface area contributed by atoms with Gasteiger partial charge in [0.15, 0.2) is 5.65 Å². The van der Waals surface area contributed by atoms with Crippen LogP contribution in [0.5, 0.6) is 0 Å². The molecule has 5 aromatic rings. The highest BCUT2D eigenvalue weighted by molar-refractivity contribution is 5.91. The van der Waals surface area contributed by atoms with Crippen LogP contribution in [0.1, 0.15) is 37.3 Å². The van der Waals surface area contributed by atoms with Gasteiger partial charge in [-0.1, -0.05) is 12.1 Å². The van der Waals surface area contributed by atoms with Gasteiger partial charge in [0.1, 0.15) is 17.8 Å². The third-order valence-corrected chi connectivity index (χ3v) is 6.57. The Morgan fingerprint density at radius 2 is 2.07 bits per heavy atom. The summed E-state index contributed by atoms with van der Waals surface area (Å²) in [5.41, 5.74) is 10.2. The molecule has 1 fully saturated rings. The fourth-order valence-corrected chi connectivity index (χ4v) is 4.95. The van der Waals surface area contributed by atoms with Crippen molar-refractivity contribution in [1.82, 2.24) is 29.7 Å². The van der Waals surface area contributed by atoms with Gasteiger partial charge >= 0.3 is 0 Å². The first kappa shape index (κ1) is 17.4. The molecule has 4 aromatic heterocycles. The van der Waals surface area contributed by atoms with Crippen molar-refractivity contribution in [2.45, 2.75) is 38.1 Å². The molecule has 30 heavy (non-hydrogen) atoms. The Morgan fingerprint density at radius 3 is 3.03 bits per heavy atom. The Balaban J connectivity index is 1.16. The van der Waals surface area contributed by atoms with E-state index >= 15 is 0 Å². The van der Waals surface area contributed by atoms with E-state index in [9.17, 15) is 0 Å². The number of benzene rings is 1. The van der Waals surface area contributed by atoms with Crippen molar-refractivity contribution in [2.75, 3.05) is 5.73 Å². The summed E-state index contributed by atoms with van der Waals surface area (Å²) in [5, 5.41) is 10.2. The summed E-state index contributed by atoms with van der Waals surface area (Å²) in [6, 6.07) is 11.3. The monoisotopic (exact) mass is 397 g/mol. The predicted octanol–water partition coefficient (Wildman–Crippen LogP) is 4.41. The van der Waals surface area contributed by atoms with Gasteiger partial charge in [-0.3, -0.25) is 5.10 Å². The Hall–Kier alpha value is -3.48. The van der Waals surface area contributed by atoms with Crippen LogP contribution in [0.25, 0.3) is 33.0 Å². The summed E-state index contributed by atoms with van der Waals surface area (Å²) in [4.78, 5) is 13.3. The molecule has 0 spiro atoms. The molecule has 1 aliphatic rings. The number of nitrogen functional groups attached to an aromatic ring is 1. The van der Waals surface area contributed by atoms with Gasteiger partial charge in [0.2, 0.25) is 0 Å². The lowest BCUT2D eigenvalue weighted by Gasteiger charge is -2.14. The molecule has 0 bridgehead atoms. The lowest BCUT2D eigenvalue weighted by atomic mass is 9.97. The summed E-state index contributed by atoms with van der Waals surface area (Å²) in [6.45, 7) is 0. The zero-order valence-electron chi connectivity index (χ0n) is 16.6. The number of pyridine rings is 1. The van der Waals surface area contributed by atoms with Crippen LogP contribution >= 0.6 is 0 Å². The molecule has 1 aliphatic carbocycles. The van der Waals surface area contributed by atoms with E-state index in [1.54, 1.807) is 6.33 Å². The number of nitrogens with one attached hydrogen (secondary N) is 1. The van der Waals surface area contributed by atoms with Gasteiger partial charge in [0.25, 0.3) is 0 Å². The molecule has 0 radical (unpaired) electrons. The van der Waals surface area contributed by atoms with E-state index in [1.807, 2.05) is 12.3 Å². The maximum Gasteiger partial charge on any atom is 0.155 e. The normalized spacial score (nSPS) is 19.3. The first-order chi connectivity index (χ1) is 14.7. The summed E-state index contributed by atoms with van der Waals surface area (Å²) >= 11 is 0. The molecule has 0 aliphatic heterocycles. The maximum atomic E-state index is 6.00. The highest BCUT2D eigenvalue weighted by Gasteiger charge is 2.27. The van der Waals surface area contributed by atoms with Crippen molar-refractivity contribution in [3.63, 3.8) is 0 Å². The highest BCUT2D eigenvalue weighted by atomic mass is 15.1. The van der Waals surface area contributed by atoms with E-state index in [0.29, 0.717) is 11.9 Å². The van der Waals surface area contributed by atoms with Crippen LogP contribution in [0.2, 0.25) is 0 Å². The topological polar surface area (TPSA) is 98.3 Å². The second-order valence-corrected chi connectivity index (χ2v) is 8.41. The zero-order valence-corrected chi connectivity index (χ0v) is 16.6. The van der Waals surface area contributed by atoms with E-state index < -0.39 is 0 Å². The van der Waals surface area contributed by atoms with Crippen molar-refractivity contribution < 1.29 is 0 Å². The van der Waals surface area contributed by atoms with E-state index in [0.717, 1.165) is 45.3 Å². The lowest BCUT2D eigenvalue weighted by molar-refractivity contribution is 0.461. The van der Waals surface area contributed by atoms with Gasteiger partial charge in [-0.2, -0.15) is 5.10 Å². The summed E-state index contributed by atoms with van der Waals surface area (Å²) in [6.07, 6.45) is 11.4. The van der Waals surface area contributed by atoms with Gasteiger partial charge in [0.05, 0.1) is 17.1 Å². The number of anilines is 1. The third kappa shape index (κ3) is 2.89. The van der Waals surface area contributed by atoms with Crippen LogP contribution in [-0.2, 0) is 6.42 Å². The Labute approximate surface area is 173 Å². The smallest absolute Gasteiger partial charge is 0.155 e. The maximum absolute atomic E-state index is 6.00. The number of nitrogens with zero attached hydrogens (tertiary/aromatic N) is 5. The SMILES string of the molecule is Nc1ncnc2c1ccn2C1CCC(CCc2ccc3cc4cn[nH]c4nc3c2)C1. The molecule has 150 valence electrons. The molecule has 7 nitrogen and oxygen atoms in total. The first-order valence-electron chi connectivity index (χ1n) is 10.5. The van der Waals surface area contributed by atoms with E-state index in [1.165, 1.54) is 31.2 Å². The molecule has 2 atom stereocenters. The number of hydrogen-bond acceptors (Lipinski definition) is 5. The lowest BCUT2D eigenvalue weighted by Crippen LogP contribution is -2.06. The third-order valence-electron chi connectivity index (χ3n) is 6.57. The molecule has 3 N–H and O–H groups in total. The summed E-state index contributed by atoms with van der Waals surface area (Å²) in [5.74, 6) is 1.29. The molecule has 1 aromatic carbocycles. The van der Waals surface area contributed by atoms with Crippen LogP contribution in [0.3, 0.4) is 0 Å². The van der Waals surface area contributed by atoms with Crippen molar-refractivity contribution in [2.24, 2.45) is 5.92 Å². The molecule has 6 rings (SSSR count). The number of H-pyrrole nitrogens is 1. The Bertz CT molecular complexity index is 1370. The minimum Gasteiger partial charge on any atom is -0.383 e. The van der Waals surface area contributed by atoms with E-state index in [-0.39, 0.29) is 0 Å². The molecule has 0 saturated heterocycles. The van der Waals surface area contributed by atoms with Gasteiger partial charge in [-0.15, -0.1) is 0 Å². The van der Waals surface area contributed by atoms with Crippen LogP contribution in [-0.4, -0.2) is 29.7 Å². The number of hydrogen-bond donors (Lipinski definition) is 2. The minimum absolute atomic E-state index is 0.494. The molecule has 7 heteroatoms. The fraction of sp³-hybridized carbons (Fsp3) is 0.304. The van der Waals surface area contributed by atoms with Crippen LogP contribution in [0.15, 0.2) is 49.1 Å². The standard InChI is InChI=1S/C23H23N7/c24-21-19-7-8-30(23(19)26-13-25-21)18-6-4-14(9-18)1-2-15-3-5-16-11-17-12-27-29-22(17)28-20(16)10-15/h3,5,7-8,10-14,18H,1-2,4,6,9H2,(H2,24,25,26)(H,27,28,29). The van der Waals surface area contributed by atoms with Gasteiger partial charge < -0.3 is 10.3 Å². The number of aromatic amines is 1. The number of nitrogens with two attached hydrogens (primary N) is 1. The fourth-order valence-electron chi connectivity index (χ4n) is 4.95. The molecular weight excluding hydrogens is 374 g/mol. The number of aromatic nitrogens is 6. The summed E-state index contributed by atoms with van der Waals surface area (Å²) < 4.78 is 2.29. The predicted molar refractivity (Wildman–Crippen MR) is 118 cm³/mol. The zero-order chi connectivity index (χ0) is 20.1. The van der Waals surface area contributed by atoms with Gasteiger partial charge in [-0.05, 0) is 61.8 Å². The van der Waals surface area contributed by atoms with Crippen molar-refractivity contribution in [1.29, 1.82) is 0 Å². The second kappa shape index (κ2) is 6.79. The summed E-state index contributed by atoms with van der Waals surface area (Å²) in [7, 11) is 0. The Kier molecular flexibility index (Phi) is 3.94. The molecule has 0 amide bonds. The van der Waals surface area contributed by atoms with E-state index in [4.69, 9.17) is 10.7 Å². The van der Waals surface area contributed by atoms with Crippen molar-refractivity contribution in [3.8, 4) is 0 Å². The number of rotatable bonds is 4. The number of fused-ring (bicyclic) bond motifs is 3. The van der Waals surface area contributed by atoms with Crippen LogP contribution in [0, 0.1) is 5.92 Å². The first-order valence-corrected chi connectivity index (χ1v) is 10.5. The molecule has 2 unspecified atom stereocenters. The van der Waals surface area contributed by atoms with Crippen molar-refractivity contribution >= 4 is 38.8 Å². The van der Waals surface area contributed by atoms with E-state index in [2.05, 4.69) is 55.2 Å². The van der Waals surface area contributed by atoms with Crippen molar-refractivity contribution in [3.05, 3.63) is 54.6 Å². The largest absolute Gasteiger partial charge is 0.383 e. The van der Waals surface area contributed by atoms with Crippen LogP contribution in [0.4, 0.5) is 5.82 Å². The highest BCUT2D eigenvalue weighted by Crippen LogP contribution is 2.39. The second-order valence-electron chi connectivity index (χ2n) is 8.41. The molecular formula is C23H23N7. The molecule has 1 saturated carbocycles. The minimum atomic E-state index is 0.494. The Morgan fingerprint density at radius 1 is 1.10 bits per heavy atom. The van der Waals surface area contributed by atoms with Gasteiger partial charge in [-0.25, -0.2) is 15.0 Å². The van der Waals surface area contributed by atoms with Crippen LogP contribution < -0.4 is 5.73 Å². The quantitative estimate of drug-likeness (QED) is 0.468. The van der Waals surface area contributed by atoms with Gasteiger partial charge in [0, 0.05) is 23.0 Å². The average molecular weight is 397 g/mol. The molecule has 4 heterocycles. The average Bonchev–Trinajstić information content (AvgIpc) is 3.49. The number of aryl methyl sites for hydroxylation is 1.